The molecule has 0 saturated heterocycles. The van der Waals surface area contributed by atoms with E-state index in [4.69, 9.17) is 14.2 Å². The average Bonchev–Trinajstić information content (AvgIpc) is 3.50. The molecule has 14 heteroatoms. The Morgan fingerprint density at radius 1 is 1.16 bits per heavy atom. The van der Waals surface area contributed by atoms with Gasteiger partial charge in [-0.2, -0.15) is 0 Å². The lowest BCUT2D eigenvalue weighted by molar-refractivity contribution is -0.832. The van der Waals surface area contributed by atoms with Crippen LogP contribution in [0.5, 0.6) is 5.88 Å². The van der Waals surface area contributed by atoms with E-state index >= 15 is 0 Å². The lowest BCUT2D eigenvalue weighted by atomic mass is 9.61. The quantitative estimate of drug-likeness (QED) is 0.0795. The molecule has 1 aromatic carbocycles. The van der Waals surface area contributed by atoms with Crippen LogP contribution in [-0.2, 0) is 33.7 Å². The number of esters is 2. The van der Waals surface area contributed by atoms with Gasteiger partial charge in [0.1, 0.15) is 12.6 Å². The minimum atomic E-state index is -4.23. The Bertz CT molecular complexity index is 1660. The zero-order chi connectivity index (χ0) is 37.8. The molecule has 1 saturated carbocycles. The highest BCUT2D eigenvalue weighted by atomic mass is 32.2. The zero-order valence-corrected chi connectivity index (χ0v) is 30.9. The molecule has 0 aliphatic heterocycles. The summed E-state index contributed by atoms with van der Waals surface area (Å²) < 4.78 is 46.3. The number of allylic oxidation sites excluding steroid dienone is 2. The summed E-state index contributed by atoms with van der Waals surface area (Å²) in [6, 6.07) is 6.44. The van der Waals surface area contributed by atoms with E-state index in [9.17, 15) is 28.0 Å². The van der Waals surface area contributed by atoms with Crippen molar-refractivity contribution in [2.24, 2.45) is 23.2 Å². The van der Waals surface area contributed by atoms with Gasteiger partial charge in [-0.05, 0) is 84.8 Å². The van der Waals surface area contributed by atoms with Crippen LogP contribution < -0.4 is 15.0 Å². The van der Waals surface area contributed by atoms with Crippen molar-refractivity contribution in [3.8, 4) is 5.88 Å². The van der Waals surface area contributed by atoms with Gasteiger partial charge in [-0.3, -0.25) is 14.2 Å². The molecule has 3 rings (SSSR count). The van der Waals surface area contributed by atoms with Crippen molar-refractivity contribution in [2.45, 2.75) is 95.0 Å². The van der Waals surface area contributed by atoms with Crippen LogP contribution in [0.2, 0.25) is 0 Å². The summed E-state index contributed by atoms with van der Waals surface area (Å²) >= 11 is 0. The molecular formula is C37H51N3O10S. The Morgan fingerprint density at radius 3 is 2.49 bits per heavy atom. The molecule has 1 aliphatic carbocycles. The van der Waals surface area contributed by atoms with Gasteiger partial charge in [0.15, 0.2) is 0 Å². The summed E-state index contributed by atoms with van der Waals surface area (Å²) in [6.45, 7) is 20.5. The largest absolute Gasteiger partial charge is 0.466 e. The van der Waals surface area contributed by atoms with Gasteiger partial charge in [0.05, 0.1) is 29.7 Å². The first-order valence-electron chi connectivity index (χ1n) is 17.3. The van der Waals surface area contributed by atoms with E-state index in [1.807, 2.05) is 26.8 Å². The zero-order valence-electron chi connectivity index (χ0n) is 30.1. The fourth-order valence-corrected chi connectivity index (χ4v) is 7.38. The van der Waals surface area contributed by atoms with Crippen LogP contribution in [0.15, 0.2) is 81.8 Å². The van der Waals surface area contributed by atoms with E-state index in [1.54, 1.807) is 6.07 Å². The number of hydrogen-bond acceptors (Lipinski definition) is 11. The molecule has 0 spiro atoms. The Morgan fingerprint density at radius 2 is 1.84 bits per heavy atom. The van der Waals surface area contributed by atoms with Crippen molar-refractivity contribution in [3.05, 3.63) is 72.5 Å². The lowest BCUT2D eigenvalue weighted by Gasteiger charge is -2.43. The fraction of sp³-hybridized carbons (Fsp3) is 0.541. The topological polar surface area (TPSA) is 178 Å². The third-order valence-corrected chi connectivity index (χ3v) is 11.3. The first kappa shape index (κ1) is 41.0. The van der Waals surface area contributed by atoms with E-state index in [-0.39, 0.29) is 65.6 Å². The monoisotopic (exact) mass is 729 g/mol. The van der Waals surface area contributed by atoms with E-state index < -0.39 is 44.6 Å². The second-order valence-electron chi connectivity index (χ2n) is 13.4. The highest BCUT2D eigenvalue weighted by molar-refractivity contribution is 7.91. The number of amides is 1. The van der Waals surface area contributed by atoms with E-state index in [1.165, 1.54) is 24.3 Å². The summed E-state index contributed by atoms with van der Waals surface area (Å²) in [4.78, 5) is 37.8. The van der Waals surface area contributed by atoms with Crippen molar-refractivity contribution < 1.29 is 46.5 Å². The van der Waals surface area contributed by atoms with Gasteiger partial charge in [-0.25, -0.2) is 13.2 Å². The van der Waals surface area contributed by atoms with Gasteiger partial charge in [0, 0.05) is 6.42 Å². The van der Waals surface area contributed by atoms with E-state index in [2.05, 4.69) is 41.8 Å². The second kappa shape index (κ2) is 18.7. The molecule has 5 atom stereocenters. The number of hydrogen-bond donors (Lipinski definition) is 1. The first-order chi connectivity index (χ1) is 24.1. The first-order valence-corrected chi connectivity index (χ1v) is 18.7. The average molecular weight is 730 g/mol. The second-order valence-corrected chi connectivity index (χ2v) is 15.3. The van der Waals surface area contributed by atoms with Crippen LogP contribution in [0.3, 0.4) is 0 Å². The molecule has 0 unspecified atom stereocenters. The maximum absolute atomic E-state index is 13.1. The molecule has 1 fully saturated rings. The van der Waals surface area contributed by atoms with Crippen molar-refractivity contribution in [1.29, 1.82) is 0 Å². The van der Waals surface area contributed by atoms with Crippen molar-refractivity contribution in [1.82, 2.24) is 10.5 Å². The smallest absolute Gasteiger partial charge is 0.414 e. The SMILES string of the molecule is C=C[C@]1(C)CC[C@@H](C(=C)COC(=O)[C@@H](NC(=O)CCC(=O)OCCCCOc2no[n+]([O-])c2S(=O)(=O)c2ccccc2)[C@@H](C)CC)C[C@H]1C(=C)C. The van der Waals surface area contributed by atoms with Crippen LogP contribution >= 0.6 is 0 Å². The van der Waals surface area contributed by atoms with Crippen LogP contribution in [0.25, 0.3) is 0 Å². The van der Waals surface area contributed by atoms with Crippen molar-refractivity contribution in [2.75, 3.05) is 19.8 Å². The van der Waals surface area contributed by atoms with Crippen LogP contribution in [-0.4, -0.2) is 57.3 Å². The number of carbonyl (C=O) groups is 3. The van der Waals surface area contributed by atoms with Crippen LogP contribution in [0.4, 0.5) is 0 Å². The summed E-state index contributed by atoms with van der Waals surface area (Å²) in [6.07, 6.45) is 5.64. The molecule has 1 aliphatic rings. The highest BCUT2D eigenvalue weighted by Crippen LogP contribution is 2.48. The Balaban J connectivity index is 1.38. The minimum Gasteiger partial charge on any atom is -0.466 e. The summed E-state index contributed by atoms with van der Waals surface area (Å²) in [5, 5.41) is 17.4. The number of sulfone groups is 1. The molecule has 51 heavy (non-hydrogen) atoms. The molecule has 0 radical (unpaired) electrons. The van der Waals surface area contributed by atoms with Gasteiger partial charge in [-0.1, -0.05) is 70.2 Å². The molecule has 0 bridgehead atoms. The van der Waals surface area contributed by atoms with Crippen molar-refractivity contribution >= 4 is 27.7 Å². The summed E-state index contributed by atoms with van der Waals surface area (Å²) in [7, 11) is -4.23. The van der Waals surface area contributed by atoms with E-state index in [0.29, 0.717) is 19.3 Å². The summed E-state index contributed by atoms with van der Waals surface area (Å²) in [5.41, 5.74) is 1.90. The maximum atomic E-state index is 13.1. The fourth-order valence-electron chi connectivity index (χ4n) is 6.08. The Labute approximate surface area is 300 Å². The third-order valence-electron chi connectivity index (χ3n) is 9.62. The Kier molecular flexibility index (Phi) is 15.0. The maximum Gasteiger partial charge on any atom is 0.414 e. The third kappa shape index (κ3) is 11.0. The predicted molar refractivity (Wildman–Crippen MR) is 188 cm³/mol. The number of carbonyl (C=O) groups excluding carboxylic acids is 3. The van der Waals surface area contributed by atoms with Gasteiger partial charge >= 0.3 is 22.8 Å². The van der Waals surface area contributed by atoms with E-state index in [0.717, 1.165) is 30.4 Å². The Hall–Kier alpha value is -4.46. The number of unbranched alkanes of at least 4 members (excludes halogenated alkanes) is 1. The molecular weight excluding hydrogens is 678 g/mol. The van der Waals surface area contributed by atoms with Crippen LogP contribution in [0, 0.1) is 28.4 Å². The van der Waals surface area contributed by atoms with Gasteiger partial charge in [0.2, 0.25) is 5.91 Å². The molecule has 1 heterocycles. The van der Waals surface area contributed by atoms with Crippen molar-refractivity contribution in [3.63, 3.8) is 0 Å². The highest BCUT2D eigenvalue weighted by Gasteiger charge is 2.39. The number of nitrogens with zero attached hydrogens (tertiary/aromatic N) is 2. The number of benzene rings is 1. The predicted octanol–water partition coefficient (Wildman–Crippen LogP) is 5.44. The number of ether oxygens (including phenoxy) is 3. The molecule has 1 N–H and O–H groups in total. The molecule has 1 aromatic heterocycles. The standard InChI is InChI=1S/C37H51N3O10S/c1-8-26(5)33(36(43)49-24-27(6)28-19-20-37(7,9-2)30(23-28)25(3)4)38-31(41)17-18-32(42)47-21-13-14-22-48-34-35(40(44)50-39-34)51(45,46)29-15-11-10-12-16-29/h9-12,15-16,26,28,30,33H,2-3,6,8,13-14,17-24H2,1,4-5,7H3,(H,38,41)/t26-,28+,30-,33-,37+/m0/s1. The molecule has 280 valence electrons. The lowest BCUT2D eigenvalue weighted by Crippen LogP contribution is -2.46. The molecule has 13 nitrogen and oxygen atoms in total. The molecule has 1 amide bonds. The number of rotatable bonds is 20. The van der Waals surface area contributed by atoms with Gasteiger partial charge in [-0.15, -0.1) is 6.58 Å². The number of aromatic nitrogens is 2. The number of nitrogens with one attached hydrogen (secondary N) is 1. The minimum absolute atomic E-state index is 0.0198. The normalized spacial score (nSPS) is 20.0. The van der Waals surface area contributed by atoms with Gasteiger partial charge < -0.3 is 24.7 Å². The summed E-state index contributed by atoms with van der Waals surface area (Å²) in [5.74, 6) is -1.87. The molecule has 2 aromatic rings. The van der Waals surface area contributed by atoms with Gasteiger partial charge in [0.25, 0.3) is 9.84 Å². The van der Waals surface area contributed by atoms with Crippen LogP contribution in [0.1, 0.15) is 79.1 Å².